The Morgan fingerprint density at radius 3 is 2.16 bits per heavy atom. The molecule has 0 radical (unpaired) electrons. The number of methoxy groups -OCH3 is 3. The van der Waals surface area contributed by atoms with Gasteiger partial charge in [0.1, 0.15) is 5.75 Å². The smallest absolute Gasteiger partial charge is 0.268 e. The zero-order valence-corrected chi connectivity index (χ0v) is 18.5. The molecule has 164 valence electrons. The Balaban J connectivity index is 2.11. The van der Waals surface area contributed by atoms with Crippen LogP contribution in [0.1, 0.15) is 10.4 Å². The summed E-state index contributed by atoms with van der Waals surface area (Å²) in [5.74, 6) is 1.09. The monoisotopic (exact) mass is 451 g/mol. The van der Waals surface area contributed by atoms with Gasteiger partial charge in [0.15, 0.2) is 17.8 Å². The first kappa shape index (κ1) is 21.5. The molecule has 0 unspecified atom stereocenters. The Bertz CT molecular complexity index is 1410. The zero-order valence-electron chi connectivity index (χ0n) is 17.7. The number of nitrogens with zero attached hydrogens (tertiary/aromatic N) is 1. The summed E-state index contributed by atoms with van der Waals surface area (Å²) in [4.78, 5) is 11.6. The molecule has 3 aromatic carbocycles. The van der Waals surface area contributed by atoms with Gasteiger partial charge in [-0.15, -0.1) is 0 Å². The standard InChI is InChI=1S/C24H21NO6S/c1-29-18-10-12-21-17(13-18)14-22(25(21)32(27,28)19-7-5-4-6-8-19)20-11-9-16(15-26)23(30-2)24(20)31-3/h4-15H,1-3H3. The molecule has 0 atom stereocenters. The summed E-state index contributed by atoms with van der Waals surface area (Å²) < 4.78 is 45.0. The number of benzene rings is 3. The van der Waals surface area contributed by atoms with Gasteiger partial charge >= 0.3 is 0 Å². The van der Waals surface area contributed by atoms with Crippen LogP contribution in [-0.4, -0.2) is 40.0 Å². The molecule has 1 heterocycles. The van der Waals surface area contributed by atoms with E-state index in [2.05, 4.69) is 0 Å². The average Bonchev–Trinajstić information content (AvgIpc) is 3.22. The summed E-state index contributed by atoms with van der Waals surface area (Å²) in [5.41, 5.74) is 1.60. The van der Waals surface area contributed by atoms with Gasteiger partial charge in [0.2, 0.25) is 0 Å². The summed E-state index contributed by atoms with van der Waals surface area (Å²) in [5, 5.41) is 0.666. The van der Waals surface area contributed by atoms with Crippen molar-refractivity contribution in [3.05, 3.63) is 72.3 Å². The van der Waals surface area contributed by atoms with Gasteiger partial charge in [-0.25, -0.2) is 12.4 Å². The number of carbonyl (C=O) groups excluding carboxylic acids is 1. The van der Waals surface area contributed by atoms with Crippen LogP contribution in [0.25, 0.3) is 22.2 Å². The van der Waals surface area contributed by atoms with E-state index in [1.54, 1.807) is 73.8 Å². The van der Waals surface area contributed by atoms with Crippen LogP contribution in [0.2, 0.25) is 0 Å². The molecule has 0 amide bonds. The number of hydrogen-bond acceptors (Lipinski definition) is 6. The van der Waals surface area contributed by atoms with E-state index in [4.69, 9.17) is 14.2 Å². The quantitative estimate of drug-likeness (QED) is 0.388. The number of aromatic nitrogens is 1. The van der Waals surface area contributed by atoms with E-state index in [9.17, 15) is 13.2 Å². The molecule has 0 N–H and O–H groups in total. The van der Waals surface area contributed by atoms with E-state index in [0.717, 1.165) is 0 Å². The van der Waals surface area contributed by atoms with Crippen LogP contribution in [0.15, 0.2) is 71.6 Å². The van der Waals surface area contributed by atoms with Gasteiger partial charge in [-0.05, 0) is 48.5 Å². The lowest BCUT2D eigenvalue weighted by Gasteiger charge is -2.17. The summed E-state index contributed by atoms with van der Waals surface area (Å²) in [6, 6.07) is 18.3. The van der Waals surface area contributed by atoms with Crippen LogP contribution < -0.4 is 14.2 Å². The molecule has 0 aliphatic carbocycles. The molecular weight excluding hydrogens is 430 g/mol. The molecule has 4 aromatic rings. The Kier molecular flexibility index (Phi) is 5.63. The van der Waals surface area contributed by atoms with Crippen molar-refractivity contribution in [3.63, 3.8) is 0 Å². The highest BCUT2D eigenvalue weighted by Gasteiger charge is 2.27. The van der Waals surface area contributed by atoms with Gasteiger partial charge < -0.3 is 14.2 Å². The van der Waals surface area contributed by atoms with Crippen LogP contribution >= 0.6 is 0 Å². The van der Waals surface area contributed by atoms with Crippen molar-refractivity contribution in [1.82, 2.24) is 3.97 Å². The first-order chi connectivity index (χ1) is 15.5. The summed E-state index contributed by atoms with van der Waals surface area (Å²) >= 11 is 0. The minimum Gasteiger partial charge on any atom is -0.497 e. The summed E-state index contributed by atoms with van der Waals surface area (Å²) in [6.07, 6.45) is 0.659. The van der Waals surface area contributed by atoms with E-state index < -0.39 is 10.0 Å². The molecule has 1 aromatic heterocycles. The molecule has 0 saturated heterocycles. The average molecular weight is 452 g/mol. The largest absolute Gasteiger partial charge is 0.497 e. The highest BCUT2D eigenvalue weighted by molar-refractivity contribution is 7.90. The summed E-state index contributed by atoms with van der Waals surface area (Å²) in [6.45, 7) is 0. The molecule has 0 saturated carbocycles. The van der Waals surface area contributed by atoms with Crippen molar-refractivity contribution < 1.29 is 27.4 Å². The number of fused-ring (bicyclic) bond motifs is 1. The van der Waals surface area contributed by atoms with Crippen LogP contribution in [0.5, 0.6) is 17.2 Å². The first-order valence-electron chi connectivity index (χ1n) is 9.67. The van der Waals surface area contributed by atoms with Crippen molar-refractivity contribution in [2.75, 3.05) is 21.3 Å². The molecule has 0 spiro atoms. The maximum Gasteiger partial charge on any atom is 0.268 e. The highest BCUT2D eigenvalue weighted by Crippen LogP contribution is 2.43. The number of rotatable bonds is 7. The van der Waals surface area contributed by atoms with E-state index in [1.807, 2.05) is 0 Å². The lowest BCUT2D eigenvalue weighted by atomic mass is 10.1. The van der Waals surface area contributed by atoms with E-state index in [0.29, 0.717) is 39.8 Å². The maximum atomic E-state index is 13.7. The first-order valence-corrected chi connectivity index (χ1v) is 11.1. The predicted molar refractivity (Wildman–Crippen MR) is 121 cm³/mol. The Morgan fingerprint density at radius 1 is 0.812 bits per heavy atom. The van der Waals surface area contributed by atoms with Gasteiger partial charge in [0.05, 0.1) is 43.0 Å². The third-order valence-electron chi connectivity index (χ3n) is 5.20. The molecule has 0 fully saturated rings. The fraction of sp³-hybridized carbons (Fsp3) is 0.125. The van der Waals surface area contributed by atoms with Crippen molar-refractivity contribution in [2.24, 2.45) is 0 Å². The molecule has 0 bridgehead atoms. The van der Waals surface area contributed by atoms with Gasteiger partial charge in [0.25, 0.3) is 10.0 Å². The number of aldehydes is 1. The SMILES string of the molecule is COc1ccc2c(c1)cc(-c1ccc(C=O)c(OC)c1OC)n2S(=O)(=O)c1ccccc1. The molecular formula is C24H21NO6S. The second-order valence-corrected chi connectivity index (χ2v) is 8.71. The van der Waals surface area contributed by atoms with Crippen LogP contribution in [0, 0.1) is 0 Å². The minimum absolute atomic E-state index is 0.144. The zero-order chi connectivity index (χ0) is 22.9. The molecule has 8 heteroatoms. The van der Waals surface area contributed by atoms with Crippen molar-refractivity contribution in [2.45, 2.75) is 4.90 Å². The lowest BCUT2D eigenvalue weighted by Crippen LogP contribution is -2.14. The van der Waals surface area contributed by atoms with Crippen LogP contribution in [-0.2, 0) is 10.0 Å². The van der Waals surface area contributed by atoms with E-state index >= 15 is 0 Å². The third kappa shape index (κ3) is 3.38. The van der Waals surface area contributed by atoms with Gasteiger partial charge in [-0.1, -0.05) is 18.2 Å². The van der Waals surface area contributed by atoms with Gasteiger partial charge in [0, 0.05) is 10.9 Å². The summed E-state index contributed by atoms with van der Waals surface area (Å²) in [7, 11) is 0.445. The van der Waals surface area contributed by atoms with Crippen molar-refractivity contribution in [1.29, 1.82) is 0 Å². The maximum absolute atomic E-state index is 13.7. The number of carbonyl (C=O) groups is 1. The molecule has 4 rings (SSSR count). The fourth-order valence-electron chi connectivity index (χ4n) is 3.73. The molecule has 0 aliphatic rings. The lowest BCUT2D eigenvalue weighted by molar-refractivity contribution is 0.112. The van der Waals surface area contributed by atoms with E-state index in [-0.39, 0.29) is 16.4 Å². The molecule has 7 nitrogen and oxygen atoms in total. The van der Waals surface area contributed by atoms with Crippen LogP contribution in [0.3, 0.4) is 0 Å². The molecule has 0 aliphatic heterocycles. The molecule has 32 heavy (non-hydrogen) atoms. The second-order valence-electron chi connectivity index (χ2n) is 6.92. The Morgan fingerprint density at radius 2 is 1.53 bits per heavy atom. The minimum atomic E-state index is -3.97. The number of ether oxygens (including phenoxy) is 3. The normalized spacial score (nSPS) is 11.3. The van der Waals surface area contributed by atoms with E-state index in [1.165, 1.54) is 18.2 Å². The predicted octanol–water partition coefficient (Wildman–Crippen LogP) is 4.38. The topological polar surface area (TPSA) is 83.8 Å². The van der Waals surface area contributed by atoms with Crippen molar-refractivity contribution >= 4 is 27.2 Å². The third-order valence-corrected chi connectivity index (χ3v) is 6.94. The Hall–Kier alpha value is -3.78. The van der Waals surface area contributed by atoms with Gasteiger partial charge in [-0.2, -0.15) is 0 Å². The highest BCUT2D eigenvalue weighted by atomic mass is 32.2. The van der Waals surface area contributed by atoms with Gasteiger partial charge in [-0.3, -0.25) is 4.79 Å². The second kappa shape index (κ2) is 8.39. The van der Waals surface area contributed by atoms with Crippen molar-refractivity contribution in [3.8, 4) is 28.5 Å². The Labute approximate surface area is 185 Å². The van der Waals surface area contributed by atoms with Crippen LogP contribution in [0.4, 0.5) is 0 Å². The number of hydrogen-bond donors (Lipinski definition) is 0. The fourth-order valence-corrected chi connectivity index (χ4v) is 5.27.